The van der Waals surface area contributed by atoms with Crippen LogP contribution in [0, 0.1) is 0 Å². The van der Waals surface area contributed by atoms with Crippen LogP contribution in [0.15, 0.2) is 45.5 Å². The maximum absolute atomic E-state index is 5.83. The number of pyridine rings is 1. The molecule has 0 saturated carbocycles. The largest absolute Gasteiger partial charge is 0.485 e. The summed E-state index contributed by atoms with van der Waals surface area (Å²) >= 11 is 6.96. The second kappa shape index (κ2) is 7.64. The molecule has 0 atom stereocenters. The van der Waals surface area contributed by atoms with Crippen LogP contribution in [0.25, 0.3) is 0 Å². The van der Waals surface area contributed by atoms with Gasteiger partial charge in [0.25, 0.3) is 0 Å². The number of hydrogen-bond acceptors (Lipinski definition) is 3. The molecule has 1 aromatic carbocycles. The van der Waals surface area contributed by atoms with E-state index in [0.29, 0.717) is 6.61 Å². The number of hydrogen-bond donors (Lipinski definition) is 1. The first-order valence-electron chi connectivity index (χ1n) is 6.46. The number of para-hydroxylation sites is 1. The molecule has 2 rings (SSSR count). The van der Waals surface area contributed by atoms with E-state index in [9.17, 15) is 0 Å². The van der Waals surface area contributed by atoms with Gasteiger partial charge in [0.15, 0.2) is 0 Å². The minimum absolute atomic E-state index is 0.433. The molecule has 1 N–H and O–H groups in total. The lowest BCUT2D eigenvalue weighted by Crippen LogP contribution is -2.03. The van der Waals surface area contributed by atoms with Crippen molar-refractivity contribution in [3.8, 4) is 5.75 Å². The summed E-state index contributed by atoms with van der Waals surface area (Å²) in [5.74, 6) is 0.793. The molecule has 1 heterocycles. The lowest BCUT2D eigenvalue weighted by molar-refractivity contribution is 0.297. The van der Waals surface area contributed by atoms with E-state index in [-0.39, 0.29) is 0 Å². The van der Waals surface area contributed by atoms with Gasteiger partial charge in [-0.15, -0.1) is 0 Å². The molecule has 106 valence electrons. The van der Waals surface area contributed by atoms with Crippen LogP contribution in [0.2, 0.25) is 0 Å². The number of anilines is 1. The second-order valence-corrected chi connectivity index (χ2v) is 6.01. The third kappa shape index (κ3) is 4.21. The van der Waals surface area contributed by atoms with Crippen LogP contribution in [0.5, 0.6) is 5.75 Å². The Labute approximate surface area is 136 Å². The van der Waals surface area contributed by atoms with Crippen molar-refractivity contribution in [2.45, 2.75) is 20.0 Å². The topological polar surface area (TPSA) is 34.2 Å². The zero-order valence-electron chi connectivity index (χ0n) is 11.2. The summed E-state index contributed by atoms with van der Waals surface area (Å²) in [5.41, 5.74) is 1.97. The summed E-state index contributed by atoms with van der Waals surface area (Å²) in [6.07, 6.45) is 2.89. The molecule has 0 aliphatic carbocycles. The average Bonchev–Trinajstić information content (AvgIpc) is 2.45. The van der Waals surface area contributed by atoms with Crippen molar-refractivity contribution < 1.29 is 4.74 Å². The highest BCUT2D eigenvalue weighted by Gasteiger charge is 2.06. The quantitative estimate of drug-likeness (QED) is 0.741. The van der Waals surface area contributed by atoms with E-state index in [1.54, 1.807) is 6.20 Å². The molecule has 0 aliphatic heterocycles. The number of ether oxygens (including phenoxy) is 1. The van der Waals surface area contributed by atoms with Gasteiger partial charge in [-0.1, -0.05) is 13.0 Å². The van der Waals surface area contributed by atoms with Crippen LogP contribution in [0.3, 0.4) is 0 Å². The number of rotatable bonds is 6. The molecular weight excluding hydrogens is 384 g/mol. The molecule has 0 radical (unpaired) electrons. The molecule has 0 spiro atoms. The van der Waals surface area contributed by atoms with E-state index in [4.69, 9.17) is 4.74 Å². The maximum atomic E-state index is 5.83. The summed E-state index contributed by atoms with van der Waals surface area (Å²) in [5, 5.41) is 3.34. The summed E-state index contributed by atoms with van der Waals surface area (Å²) in [7, 11) is 0. The van der Waals surface area contributed by atoms with Gasteiger partial charge in [0.05, 0.1) is 14.6 Å². The molecule has 1 aromatic heterocycles. The Morgan fingerprint density at radius 1 is 1.20 bits per heavy atom. The van der Waals surface area contributed by atoms with Crippen molar-refractivity contribution >= 4 is 37.5 Å². The molecule has 3 nitrogen and oxygen atoms in total. The Balaban J connectivity index is 2.03. The Kier molecular flexibility index (Phi) is 5.86. The van der Waals surface area contributed by atoms with Gasteiger partial charge >= 0.3 is 0 Å². The highest BCUT2D eigenvalue weighted by Crippen LogP contribution is 2.33. The van der Waals surface area contributed by atoms with Gasteiger partial charge in [0.1, 0.15) is 12.4 Å². The monoisotopic (exact) mass is 398 g/mol. The lowest BCUT2D eigenvalue weighted by atomic mass is 10.3. The Hall–Kier alpha value is -1.07. The maximum Gasteiger partial charge on any atom is 0.148 e. The Morgan fingerprint density at radius 3 is 2.65 bits per heavy atom. The fourth-order valence-corrected chi connectivity index (χ4v) is 2.93. The van der Waals surface area contributed by atoms with Crippen LogP contribution in [0.4, 0.5) is 5.69 Å². The highest BCUT2D eigenvalue weighted by molar-refractivity contribution is 9.11. The van der Waals surface area contributed by atoms with Gasteiger partial charge in [-0.2, -0.15) is 0 Å². The first-order valence-corrected chi connectivity index (χ1v) is 8.05. The fraction of sp³-hybridized carbons (Fsp3) is 0.267. The van der Waals surface area contributed by atoms with Crippen LogP contribution in [0.1, 0.15) is 19.0 Å². The minimum atomic E-state index is 0.433. The molecule has 0 amide bonds. The molecule has 2 aromatic rings. The number of nitrogens with zero attached hydrogens (tertiary/aromatic N) is 1. The standard InChI is InChI=1S/C15H16Br2N2O/c1-2-7-18-11-6-8-19-12(9-11)10-20-15-13(16)4-3-5-14(15)17/h3-6,8-9H,2,7,10H2,1H3,(H,18,19). The first-order chi connectivity index (χ1) is 9.70. The van der Waals surface area contributed by atoms with Gasteiger partial charge in [-0.05, 0) is 62.5 Å². The second-order valence-electron chi connectivity index (χ2n) is 4.30. The third-order valence-electron chi connectivity index (χ3n) is 2.68. The highest BCUT2D eigenvalue weighted by atomic mass is 79.9. The van der Waals surface area contributed by atoms with E-state index in [0.717, 1.165) is 39.0 Å². The summed E-state index contributed by atoms with van der Waals surface area (Å²) in [6.45, 7) is 3.53. The van der Waals surface area contributed by atoms with Gasteiger partial charge in [0.2, 0.25) is 0 Å². The normalized spacial score (nSPS) is 10.3. The molecule has 5 heteroatoms. The van der Waals surface area contributed by atoms with Gasteiger partial charge < -0.3 is 10.1 Å². The average molecular weight is 400 g/mol. The zero-order chi connectivity index (χ0) is 14.4. The SMILES string of the molecule is CCCNc1ccnc(COc2c(Br)cccc2Br)c1. The van der Waals surface area contributed by atoms with Crippen LogP contribution in [-0.4, -0.2) is 11.5 Å². The smallest absolute Gasteiger partial charge is 0.148 e. The van der Waals surface area contributed by atoms with Crippen LogP contribution >= 0.6 is 31.9 Å². The van der Waals surface area contributed by atoms with E-state index in [1.165, 1.54) is 0 Å². The predicted octanol–water partition coefficient (Wildman–Crippen LogP) is 5.01. The predicted molar refractivity (Wildman–Crippen MR) is 89.2 cm³/mol. The molecule has 0 unspecified atom stereocenters. The van der Waals surface area contributed by atoms with Crippen molar-refractivity contribution in [1.82, 2.24) is 4.98 Å². The molecular formula is C15H16Br2N2O. The molecule has 0 saturated heterocycles. The van der Waals surface area contributed by atoms with Crippen LogP contribution < -0.4 is 10.1 Å². The van der Waals surface area contributed by atoms with Crippen molar-refractivity contribution in [3.05, 3.63) is 51.2 Å². The summed E-state index contributed by atoms with van der Waals surface area (Å²) in [6, 6.07) is 9.84. The number of benzene rings is 1. The minimum Gasteiger partial charge on any atom is -0.485 e. The lowest BCUT2D eigenvalue weighted by Gasteiger charge is -2.11. The molecule has 0 fully saturated rings. The van der Waals surface area contributed by atoms with Gasteiger partial charge in [0, 0.05) is 18.4 Å². The van der Waals surface area contributed by atoms with Crippen LogP contribution in [-0.2, 0) is 6.61 Å². The third-order valence-corrected chi connectivity index (χ3v) is 3.93. The van der Waals surface area contributed by atoms with E-state index < -0.39 is 0 Å². The summed E-state index contributed by atoms with van der Waals surface area (Å²) in [4.78, 5) is 4.33. The van der Waals surface area contributed by atoms with E-state index in [2.05, 4.69) is 49.1 Å². The van der Waals surface area contributed by atoms with Crippen molar-refractivity contribution in [2.24, 2.45) is 0 Å². The fourth-order valence-electron chi connectivity index (χ4n) is 1.70. The van der Waals surface area contributed by atoms with Crippen molar-refractivity contribution in [3.63, 3.8) is 0 Å². The molecule has 0 bridgehead atoms. The number of halogens is 2. The van der Waals surface area contributed by atoms with E-state index in [1.807, 2.05) is 30.3 Å². The molecule has 20 heavy (non-hydrogen) atoms. The Morgan fingerprint density at radius 2 is 1.95 bits per heavy atom. The number of aromatic nitrogens is 1. The molecule has 0 aliphatic rings. The van der Waals surface area contributed by atoms with Crippen molar-refractivity contribution in [1.29, 1.82) is 0 Å². The first kappa shape index (κ1) is 15.3. The number of nitrogens with one attached hydrogen (secondary N) is 1. The van der Waals surface area contributed by atoms with Crippen molar-refractivity contribution in [2.75, 3.05) is 11.9 Å². The summed E-state index contributed by atoms with van der Waals surface area (Å²) < 4.78 is 7.68. The van der Waals surface area contributed by atoms with Gasteiger partial charge in [-0.3, -0.25) is 4.98 Å². The zero-order valence-corrected chi connectivity index (χ0v) is 14.4. The van der Waals surface area contributed by atoms with Gasteiger partial charge in [-0.25, -0.2) is 0 Å². The Bertz CT molecular complexity index is 555. The van der Waals surface area contributed by atoms with E-state index >= 15 is 0 Å².